The molecule has 86 valence electrons. The number of hydrogen-bond acceptors (Lipinski definition) is 3. The molecule has 7 heteroatoms. The van der Waals surface area contributed by atoms with Crippen LogP contribution in [0.5, 0.6) is 0 Å². The fourth-order valence-corrected chi connectivity index (χ4v) is 1.55. The number of nitro benzene ring substituents is 1. The van der Waals surface area contributed by atoms with Crippen molar-refractivity contribution in [2.24, 2.45) is 0 Å². The topological polar surface area (TPSA) is 72.2 Å². The number of halogens is 2. The molecule has 1 aromatic carbocycles. The van der Waals surface area contributed by atoms with Gasteiger partial charge in [0.15, 0.2) is 0 Å². The van der Waals surface area contributed by atoms with Crippen molar-refractivity contribution in [3.05, 3.63) is 32.8 Å². The number of nitrogens with one attached hydrogen (secondary N) is 1. The fourth-order valence-electron chi connectivity index (χ4n) is 0.974. The highest BCUT2D eigenvalue weighted by molar-refractivity contribution is 9.10. The SMILES string of the molecule is CC(Cl)C(=O)Nc1ccc([N+](=O)[O-])c(Br)c1. The molecule has 1 N–H and O–H groups in total. The monoisotopic (exact) mass is 306 g/mol. The van der Waals surface area contributed by atoms with Gasteiger partial charge in [-0.1, -0.05) is 0 Å². The van der Waals surface area contributed by atoms with Gasteiger partial charge in [0.25, 0.3) is 5.69 Å². The third-order valence-corrected chi connectivity index (χ3v) is 2.61. The maximum atomic E-state index is 11.3. The number of carbonyl (C=O) groups is 1. The average molecular weight is 308 g/mol. The third-order valence-electron chi connectivity index (χ3n) is 1.77. The van der Waals surface area contributed by atoms with Gasteiger partial charge in [-0.3, -0.25) is 14.9 Å². The number of nitro groups is 1. The second-order valence-corrected chi connectivity index (χ2v) is 4.54. The molecular weight excluding hydrogens is 299 g/mol. The molecule has 0 radical (unpaired) electrons. The first-order chi connectivity index (χ1) is 7.41. The molecule has 5 nitrogen and oxygen atoms in total. The Kier molecular flexibility index (Phi) is 4.26. The summed E-state index contributed by atoms with van der Waals surface area (Å²) < 4.78 is 0.303. The maximum Gasteiger partial charge on any atom is 0.283 e. The van der Waals surface area contributed by atoms with Crippen molar-refractivity contribution in [3.63, 3.8) is 0 Å². The van der Waals surface area contributed by atoms with E-state index in [1.807, 2.05) is 0 Å². The van der Waals surface area contributed by atoms with E-state index in [9.17, 15) is 14.9 Å². The van der Waals surface area contributed by atoms with Crippen LogP contribution in [-0.2, 0) is 4.79 Å². The Balaban J connectivity index is 2.90. The van der Waals surface area contributed by atoms with E-state index in [2.05, 4.69) is 21.2 Å². The lowest BCUT2D eigenvalue weighted by Gasteiger charge is -2.06. The molecule has 0 aliphatic heterocycles. The van der Waals surface area contributed by atoms with Crippen LogP contribution in [-0.4, -0.2) is 16.2 Å². The van der Waals surface area contributed by atoms with Crippen LogP contribution in [0.25, 0.3) is 0 Å². The van der Waals surface area contributed by atoms with Crippen molar-refractivity contribution >= 4 is 44.8 Å². The molecule has 0 fully saturated rings. The molecule has 0 saturated carbocycles. The molecule has 0 aliphatic rings. The van der Waals surface area contributed by atoms with E-state index in [-0.39, 0.29) is 11.6 Å². The highest BCUT2D eigenvalue weighted by Gasteiger charge is 2.14. The molecule has 0 aromatic heterocycles. The van der Waals surface area contributed by atoms with Gasteiger partial charge < -0.3 is 5.32 Å². The number of carbonyl (C=O) groups excluding carboxylic acids is 1. The van der Waals surface area contributed by atoms with Crippen LogP contribution in [0.15, 0.2) is 22.7 Å². The number of hydrogen-bond donors (Lipinski definition) is 1. The number of alkyl halides is 1. The number of rotatable bonds is 3. The second kappa shape index (κ2) is 5.27. The minimum Gasteiger partial charge on any atom is -0.325 e. The van der Waals surface area contributed by atoms with E-state index >= 15 is 0 Å². The van der Waals surface area contributed by atoms with Gasteiger partial charge in [0.05, 0.1) is 9.40 Å². The van der Waals surface area contributed by atoms with Gasteiger partial charge in [0.2, 0.25) is 5.91 Å². The van der Waals surface area contributed by atoms with Crippen LogP contribution >= 0.6 is 27.5 Å². The van der Waals surface area contributed by atoms with E-state index in [4.69, 9.17) is 11.6 Å². The van der Waals surface area contributed by atoms with E-state index in [1.165, 1.54) is 25.1 Å². The largest absolute Gasteiger partial charge is 0.325 e. The molecule has 1 aromatic rings. The number of nitrogens with zero attached hydrogens (tertiary/aromatic N) is 1. The van der Waals surface area contributed by atoms with Gasteiger partial charge in [0, 0.05) is 11.8 Å². The van der Waals surface area contributed by atoms with E-state index in [0.717, 1.165) is 0 Å². The Morgan fingerprint density at radius 3 is 2.69 bits per heavy atom. The summed E-state index contributed by atoms with van der Waals surface area (Å²) in [7, 11) is 0. The standard InChI is InChI=1S/C9H8BrClN2O3/c1-5(11)9(14)12-6-2-3-8(13(15)16)7(10)4-6/h2-5H,1H3,(H,12,14). The highest BCUT2D eigenvalue weighted by atomic mass is 79.9. The summed E-state index contributed by atoms with van der Waals surface area (Å²) in [4.78, 5) is 21.3. The summed E-state index contributed by atoms with van der Waals surface area (Å²) in [6.45, 7) is 1.54. The quantitative estimate of drug-likeness (QED) is 0.530. The Labute approximate surface area is 105 Å². The van der Waals surface area contributed by atoms with Crippen LogP contribution in [0.2, 0.25) is 0 Å². The third kappa shape index (κ3) is 3.18. The van der Waals surface area contributed by atoms with E-state index in [0.29, 0.717) is 10.2 Å². The zero-order valence-electron chi connectivity index (χ0n) is 8.24. The summed E-state index contributed by atoms with van der Waals surface area (Å²) in [5.74, 6) is -0.359. The lowest BCUT2D eigenvalue weighted by Crippen LogP contribution is -2.20. The molecule has 1 rings (SSSR count). The minimum absolute atomic E-state index is 0.0584. The normalized spacial score (nSPS) is 11.9. The van der Waals surface area contributed by atoms with Crippen molar-refractivity contribution in [3.8, 4) is 0 Å². The zero-order valence-corrected chi connectivity index (χ0v) is 10.6. The maximum absolute atomic E-state index is 11.3. The summed E-state index contributed by atoms with van der Waals surface area (Å²) in [6, 6.07) is 4.20. The predicted molar refractivity (Wildman–Crippen MR) is 64.7 cm³/mol. The molecule has 0 heterocycles. The summed E-state index contributed by atoms with van der Waals surface area (Å²) in [5.41, 5.74) is 0.395. The zero-order chi connectivity index (χ0) is 12.3. The van der Waals surface area contributed by atoms with Crippen molar-refractivity contribution in [2.75, 3.05) is 5.32 Å². The van der Waals surface area contributed by atoms with Gasteiger partial charge in [-0.15, -0.1) is 11.6 Å². The van der Waals surface area contributed by atoms with Crippen LogP contribution in [0, 0.1) is 10.1 Å². The summed E-state index contributed by atoms with van der Waals surface area (Å²) in [6.07, 6.45) is 0. The summed E-state index contributed by atoms with van der Waals surface area (Å²) >= 11 is 8.62. The van der Waals surface area contributed by atoms with Crippen molar-refractivity contribution in [2.45, 2.75) is 12.3 Å². The second-order valence-electron chi connectivity index (χ2n) is 3.03. The van der Waals surface area contributed by atoms with Gasteiger partial charge >= 0.3 is 0 Å². The van der Waals surface area contributed by atoms with Crippen LogP contribution < -0.4 is 5.32 Å². The Bertz CT molecular complexity index is 437. The molecule has 0 spiro atoms. The van der Waals surface area contributed by atoms with Gasteiger partial charge in [-0.2, -0.15) is 0 Å². The lowest BCUT2D eigenvalue weighted by molar-refractivity contribution is -0.385. The predicted octanol–water partition coefficient (Wildman–Crippen LogP) is 2.92. The molecule has 1 atom stereocenters. The van der Waals surface area contributed by atoms with Crippen LogP contribution in [0.1, 0.15) is 6.92 Å². The van der Waals surface area contributed by atoms with E-state index < -0.39 is 10.3 Å². The fraction of sp³-hybridized carbons (Fsp3) is 0.222. The molecule has 0 aliphatic carbocycles. The smallest absolute Gasteiger partial charge is 0.283 e. The lowest BCUT2D eigenvalue weighted by atomic mass is 10.3. The van der Waals surface area contributed by atoms with E-state index in [1.54, 1.807) is 0 Å². The van der Waals surface area contributed by atoms with Crippen LogP contribution in [0.3, 0.4) is 0 Å². The van der Waals surface area contributed by atoms with Crippen molar-refractivity contribution < 1.29 is 9.72 Å². The van der Waals surface area contributed by atoms with Crippen LogP contribution in [0.4, 0.5) is 11.4 Å². The molecule has 0 bridgehead atoms. The Morgan fingerprint density at radius 2 is 2.25 bits per heavy atom. The number of amides is 1. The van der Waals surface area contributed by atoms with Crippen molar-refractivity contribution in [1.29, 1.82) is 0 Å². The first-order valence-corrected chi connectivity index (χ1v) is 5.53. The van der Waals surface area contributed by atoms with Gasteiger partial charge in [-0.05, 0) is 35.0 Å². The van der Waals surface area contributed by atoms with Gasteiger partial charge in [-0.25, -0.2) is 0 Å². The number of benzene rings is 1. The Hall–Kier alpha value is -1.14. The molecule has 16 heavy (non-hydrogen) atoms. The first kappa shape index (κ1) is 12.9. The van der Waals surface area contributed by atoms with Gasteiger partial charge in [0.1, 0.15) is 5.38 Å². The Morgan fingerprint density at radius 1 is 1.62 bits per heavy atom. The molecule has 1 unspecified atom stereocenters. The minimum atomic E-state index is -0.658. The number of anilines is 1. The average Bonchev–Trinajstić information content (AvgIpc) is 2.16. The molecule has 1 amide bonds. The van der Waals surface area contributed by atoms with Crippen molar-refractivity contribution in [1.82, 2.24) is 0 Å². The summed E-state index contributed by atoms with van der Waals surface area (Å²) in [5, 5.41) is 12.4. The highest BCUT2D eigenvalue weighted by Crippen LogP contribution is 2.27. The molecule has 0 saturated heterocycles. The molecular formula is C9H8BrClN2O3. The first-order valence-electron chi connectivity index (χ1n) is 4.30.